The molecule has 0 saturated carbocycles. The minimum absolute atomic E-state index is 0.203. The molecule has 4 nitrogen and oxygen atoms in total. The fourth-order valence-electron chi connectivity index (χ4n) is 2.74. The summed E-state index contributed by atoms with van der Waals surface area (Å²) in [5.41, 5.74) is 3.33. The van der Waals surface area contributed by atoms with Gasteiger partial charge in [0.05, 0.1) is 33.3 Å². The standard InChI is InChI=1S/C21H13N3OS/c22-13-14-7-9-15(10-8-14)23-21(25)17-12-19(20-6-3-11-26-20)24-18-5-2-1-4-16(17)18/h1-12H,(H,23,25). The first kappa shape index (κ1) is 16.0. The van der Waals surface area contributed by atoms with Gasteiger partial charge < -0.3 is 5.32 Å². The number of nitriles is 1. The number of nitrogens with one attached hydrogen (secondary N) is 1. The molecule has 2 aromatic carbocycles. The summed E-state index contributed by atoms with van der Waals surface area (Å²) < 4.78 is 0. The molecule has 0 atom stereocenters. The van der Waals surface area contributed by atoms with Gasteiger partial charge in [-0.05, 0) is 47.8 Å². The topological polar surface area (TPSA) is 65.8 Å². The number of benzene rings is 2. The predicted octanol–water partition coefficient (Wildman–Crippen LogP) is 5.09. The van der Waals surface area contributed by atoms with Crippen molar-refractivity contribution >= 4 is 33.8 Å². The Labute approximate surface area is 154 Å². The zero-order chi connectivity index (χ0) is 17.9. The Kier molecular flexibility index (Phi) is 4.18. The molecule has 5 heteroatoms. The molecule has 4 rings (SSSR count). The lowest BCUT2D eigenvalue weighted by Crippen LogP contribution is -2.13. The minimum Gasteiger partial charge on any atom is -0.322 e. The number of thiophene rings is 1. The van der Waals surface area contributed by atoms with E-state index in [1.165, 1.54) is 0 Å². The molecular formula is C21H13N3OS. The van der Waals surface area contributed by atoms with E-state index in [0.29, 0.717) is 16.8 Å². The number of anilines is 1. The molecule has 0 fully saturated rings. The lowest BCUT2D eigenvalue weighted by molar-refractivity contribution is 0.102. The molecule has 2 aromatic heterocycles. The Morgan fingerprint density at radius 2 is 1.85 bits per heavy atom. The van der Waals surface area contributed by atoms with E-state index in [2.05, 4.69) is 16.4 Å². The smallest absolute Gasteiger partial charge is 0.256 e. The van der Waals surface area contributed by atoms with Crippen LogP contribution in [-0.2, 0) is 0 Å². The number of hydrogen-bond donors (Lipinski definition) is 1. The first-order valence-corrected chi connectivity index (χ1v) is 8.88. The molecule has 0 spiro atoms. The van der Waals surface area contributed by atoms with Crippen molar-refractivity contribution in [3.05, 3.63) is 83.2 Å². The Hall–Kier alpha value is -3.49. The first-order valence-electron chi connectivity index (χ1n) is 8.00. The van der Waals surface area contributed by atoms with Gasteiger partial charge >= 0.3 is 0 Å². The summed E-state index contributed by atoms with van der Waals surface area (Å²) >= 11 is 1.59. The number of rotatable bonds is 3. The summed E-state index contributed by atoms with van der Waals surface area (Å²) in [4.78, 5) is 18.6. The van der Waals surface area contributed by atoms with E-state index < -0.39 is 0 Å². The molecule has 0 aliphatic heterocycles. The number of amides is 1. The van der Waals surface area contributed by atoms with Gasteiger partial charge in [-0.1, -0.05) is 24.3 Å². The van der Waals surface area contributed by atoms with E-state index in [9.17, 15) is 4.79 Å². The van der Waals surface area contributed by atoms with Crippen LogP contribution in [-0.4, -0.2) is 10.9 Å². The van der Waals surface area contributed by atoms with Gasteiger partial charge in [0.1, 0.15) is 0 Å². The lowest BCUT2D eigenvalue weighted by atomic mass is 10.1. The van der Waals surface area contributed by atoms with Crippen LogP contribution in [0.15, 0.2) is 72.1 Å². The van der Waals surface area contributed by atoms with Crippen molar-refractivity contribution in [1.29, 1.82) is 5.26 Å². The summed E-state index contributed by atoms with van der Waals surface area (Å²) in [5, 5.41) is 14.6. The third-order valence-corrected chi connectivity index (χ3v) is 4.90. The molecule has 0 aliphatic rings. The minimum atomic E-state index is -0.203. The van der Waals surface area contributed by atoms with E-state index in [1.807, 2.05) is 47.8 Å². The molecule has 0 radical (unpaired) electrons. The van der Waals surface area contributed by atoms with E-state index in [-0.39, 0.29) is 5.91 Å². The SMILES string of the molecule is N#Cc1ccc(NC(=O)c2cc(-c3cccs3)nc3ccccc23)cc1. The Morgan fingerprint density at radius 3 is 2.58 bits per heavy atom. The van der Waals surface area contributed by atoms with Crippen LogP contribution in [0, 0.1) is 11.3 Å². The molecule has 1 N–H and O–H groups in total. The molecule has 124 valence electrons. The molecule has 4 aromatic rings. The van der Waals surface area contributed by atoms with Crippen LogP contribution in [0.3, 0.4) is 0 Å². The van der Waals surface area contributed by atoms with E-state index in [1.54, 1.807) is 35.6 Å². The van der Waals surface area contributed by atoms with Crippen molar-refractivity contribution in [3.8, 4) is 16.6 Å². The van der Waals surface area contributed by atoms with Crippen molar-refractivity contribution in [2.75, 3.05) is 5.32 Å². The summed E-state index contributed by atoms with van der Waals surface area (Å²) in [6, 6.07) is 22.3. The number of pyridine rings is 1. The van der Waals surface area contributed by atoms with Gasteiger partial charge in [-0.2, -0.15) is 5.26 Å². The summed E-state index contributed by atoms with van der Waals surface area (Å²) in [6.07, 6.45) is 0. The van der Waals surface area contributed by atoms with Gasteiger partial charge in [0.2, 0.25) is 0 Å². The van der Waals surface area contributed by atoms with E-state index >= 15 is 0 Å². The molecule has 0 bridgehead atoms. The van der Waals surface area contributed by atoms with Gasteiger partial charge in [0, 0.05) is 11.1 Å². The van der Waals surface area contributed by atoms with E-state index in [4.69, 9.17) is 5.26 Å². The maximum Gasteiger partial charge on any atom is 0.256 e. The van der Waals surface area contributed by atoms with Crippen molar-refractivity contribution < 1.29 is 4.79 Å². The van der Waals surface area contributed by atoms with Gasteiger partial charge in [-0.3, -0.25) is 4.79 Å². The Morgan fingerprint density at radius 1 is 1.04 bits per heavy atom. The summed E-state index contributed by atoms with van der Waals surface area (Å²) in [6.45, 7) is 0. The quantitative estimate of drug-likeness (QED) is 0.557. The van der Waals surface area contributed by atoms with Crippen molar-refractivity contribution in [2.45, 2.75) is 0 Å². The highest BCUT2D eigenvalue weighted by Gasteiger charge is 2.14. The van der Waals surface area contributed by atoms with Crippen molar-refractivity contribution in [3.63, 3.8) is 0 Å². The number of aromatic nitrogens is 1. The Bertz CT molecular complexity index is 1130. The molecule has 0 unspecified atom stereocenters. The summed E-state index contributed by atoms with van der Waals surface area (Å²) in [7, 11) is 0. The second-order valence-electron chi connectivity index (χ2n) is 5.69. The fraction of sp³-hybridized carbons (Fsp3) is 0. The van der Waals surface area contributed by atoms with Crippen molar-refractivity contribution in [1.82, 2.24) is 4.98 Å². The number of carbonyl (C=O) groups is 1. The normalized spacial score (nSPS) is 10.4. The average Bonchev–Trinajstić information content (AvgIpc) is 3.22. The third-order valence-electron chi connectivity index (χ3n) is 4.01. The van der Waals surface area contributed by atoms with Gasteiger partial charge in [0.25, 0.3) is 5.91 Å². The first-order chi connectivity index (χ1) is 12.7. The Balaban J connectivity index is 1.76. The summed E-state index contributed by atoms with van der Waals surface area (Å²) in [5.74, 6) is -0.203. The van der Waals surface area contributed by atoms with Crippen LogP contribution in [0.1, 0.15) is 15.9 Å². The largest absolute Gasteiger partial charge is 0.322 e. The molecule has 1 amide bonds. The van der Waals surface area contributed by atoms with Crippen LogP contribution in [0.25, 0.3) is 21.5 Å². The number of carbonyl (C=O) groups excluding carboxylic acids is 1. The van der Waals surface area contributed by atoms with Gasteiger partial charge in [0.15, 0.2) is 0 Å². The monoisotopic (exact) mass is 355 g/mol. The second-order valence-corrected chi connectivity index (χ2v) is 6.64. The molecule has 2 heterocycles. The molecule has 0 saturated heterocycles. The zero-order valence-electron chi connectivity index (χ0n) is 13.6. The van der Waals surface area contributed by atoms with Crippen LogP contribution >= 0.6 is 11.3 Å². The highest BCUT2D eigenvalue weighted by Crippen LogP contribution is 2.28. The van der Waals surface area contributed by atoms with Crippen LogP contribution in [0.5, 0.6) is 0 Å². The predicted molar refractivity (Wildman–Crippen MR) is 104 cm³/mol. The fourth-order valence-corrected chi connectivity index (χ4v) is 3.43. The average molecular weight is 355 g/mol. The maximum atomic E-state index is 12.9. The highest BCUT2D eigenvalue weighted by molar-refractivity contribution is 7.13. The number of para-hydroxylation sites is 1. The lowest BCUT2D eigenvalue weighted by Gasteiger charge is -2.10. The highest BCUT2D eigenvalue weighted by atomic mass is 32.1. The van der Waals surface area contributed by atoms with E-state index in [0.717, 1.165) is 21.5 Å². The molecule has 26 heavy (non-hydrogen) atoms. The zero-order valence-corrected chi connectivity index (χ0v) is 14.5. The van der Waals surface area contributed by atoms with Crippen LogP contribution in [0.4, 0.5) is 5.69 Å². The van der Waals surface area contributed by atoms with Gasteiger partial charge in [-0.15, -0.1) is 11.3 Å². The maximum absolute atomic E-state index is 12.9. The number of fused-ring (bicyclic) bond motifs is 1. The molecule has 0 aliphatic carbocycles. The van der Waals surface area contributed by atoms with Gasteiger partial charge in [-0.25, -0.2) is 4.98 Å². The molecular weight excluding hydrogens is 342 g/mol. The second kappa shape index (κ2) is 6.79. The van der Waals surface area contributed by atoms with Crippen molar-refractivity contribution in [2.24, 2.45) is 0 Å². The van der Waals surface area contributed by atoms with Crippen LogP contribution < -0.4 is 5.32 Å². The number of nitrogens with zero attached hydrogens (tertiary/aromatic N) is 2. The third kappa shape index (κ3) is 3.06. The number of hydrogen-bond acceptors (Lipinski definition) is 4. The van der Waals surface area contributed by atoms with Crippen LogP contribution in [0.2, 0.25) is 0 Å².